The standard InChI is InChI=1S/C14H15N3O3/c1-2-14(18)20-13-9-6-4-3-5-7-12-19-17-16-15-11-8-10-13/h3-12H,2H2,1H3/b5-3+,6-4+,10-8+,12-7-,13-9+,15-11+,17-16-. The van der Waals surface area contributed by atoms with Crippen molar-refractivity contribution in [2.24, 2.45) is 15.6 Å². The molecule has 1 aliphatic rings. The molecule has 0 N–H and O–H groups in total. The van der Waals surface area contributed by atoms with Crippen molar-refractivity contribution in [1.29, 1.82) is 0 Å². The number of carbonyl (C=O) groups excluding carboxylic acids is 1. The molecule has 0 aromatic heterocycles. The van der Waals surface area contributed by atoms with E-state index in [0.717, 1.165) is 0 Å². The van der Waals surface area contributed by atoms with E-state index in [2.05, 4.69) is 20.4 Å². The Morgan fingerprint density at radius 3 is 2.85 bits per heavy atom. The second-order valence-electron chi connectivity index (χ2n) is 3.40. The van der Waals surface area contributed by atoms with E-state index in [-0.39, 0.29) is 5.97 Å². The third kappa shape index (κ3) is 7.54. The lowest BCUT2D eigenvalue weighted by atomic mass is 10.3. The van der Waals surface area contributed by atoms with Gasteiger partial charge in [0, 0.05) is 6.42 Å². The van der Waals surface area contributed by atoms with E-state index in [1.54, 1.807) is 55.5 Å². The van der Waals surface area contributed by atoms with Crippen LogP contribution in [0.4, 0.5) is 0 Å². The highest BCUT2D eigenvalue weighted by Crippen LogP contribution is 2.03. The number of carbonyl (C=O) groups is 1. The third-order valence-corrected chi connectivity index (χ3v) is 1.91. The van der Waals surface area contributed by atoms with Crippen LogP contribution in [0, 0.1) is 0 Å². The summed E-state index contributed by atoms with van der Waals surface area (Å²) in [5.74, 6) is 0.0993. The molecule has 0 saturated carbocycles. The van der Waals surface area contributed by atoms with E-state index in [1.165, 1.54) is 12.5 Å². The zero-order valence-electron chi connectivity index (χ0n) is 11.0. The lowest BCUT2D eigenvalue weighted by Gasteiger charge is -2.01. The Bertz CT molecular complexity index is 512. The summed E-state index contributed by atoms with van der Waals surface area (Å²) >= 11 is 0. The first-order chi connectivity index (χ1) is 9.83. The predicted octanol–water partition coefficient (Wildman–Crippen LogP) is 3.39. The highest BCUT2D eigenvalue weighted by molar-refractivity contribution is 5.73. The van der Waals surface area contributed by atoms with Crippen molar-refractivity contribution >= 4 is 12.2 Å². The smallest absolute Gasteiger partial charge is 0.310 e. The monoisotopic (exact) mass is 273 g/mol. The van der Waals surface area contributed by atoms with Crippen LogP contribution in [-0.4, -0.2) is 12.2 Å². The largest absolute Gasteiger partial charge is 0.427 e. The SMILES string of the molecule is CCC(=O)OC1=C/C=C/C=C/C=C\O/N=N\N=C\C=C\1. The molecule has 20 heavy (non-hydrogen) atoms. The molecule has 0 radical (unpaired) electrons. The van der Waals surface area contributed by atoms with Crippen LogP contribution in [0.2, 0.25) is 0 Å². The molecule has 0 fully saturated rings. The minimum atomic E-state index is -0.310. The molecule has 0 bridgehead atoms. The molecular weight excluding hydrogens is 258 g/mol. The molecule has 0 aromatic carbocycles. The van der Waals surface area contributed by atoms with E-state index in [4.69, 9.17) is 4.74 Å². The Morgan fingerprint density at radius 2 is 2.00 bits per heavy atom. The number of rotatable bonds is 2. The van der Waals surface area contributed by atoms with Crippen LogP contribution in [0.15, 0.2) is 76.2 Å². The average molecular weight is 273 g/mol. The minimum Gasteiger partial charge on any atom is -0.427 e. The molecule has 1 heterocycles. The van der Waals surface area contributed by atoms with Crippen LogP contribution < -0.4 is 0 Å². The third-order valence-electron chi connectivity index (χ3n) is 1.91. The van der Waals surface area contributed by atoms with Gasteiger partial charge in [0.2, 0.25) is 0 Å². The fourth-order valence-electron chi connectivity index (χ4n) is 1.03. The van der Waals surface area contributed by atoms with Gasteiger partial charge in [0.15, 0.2) is 0 Å². The number of ether oxygens (including phenoxy) is 1. The van der Waals surface area contributed by atoms with Crippen LogP contribution in [0.1, 0.15) is 13.3 Å². The maximum absolute atomic E-state index is 11.3. The van der Waals surface area contributed by atoms with Gasteiger partial charge < -0.3 is 9.57 Å². The van der Waals surface area contributed by atoms with Gasteiger partial charge in [0.1, 0.15) is 12.0 Å². The van der Waals surface area contributed by atoms with Crippen molar-refractivity contribution in [3.63, 3.8) is 0 Å². The second kappa shape index (κ2) is 10.2. The van der Waals surface area contributed by atoms with E-state index in [0.29, 0.717) is 12.2 Å². The number of esters is 1. The predicted molar refractivity (Wildman–Crippen MR) is 75.5 cm³/mol. The van der Waals surface area contributed by atoms with E-state index in [9.17, 15) is 4.79 Å². The van der Waals surface area contributed by atoms with Crippen molar-refractivity contribution in [2.75, 3.05) is 0 Å². The maximum Gasteiger partial charge on any atom is 0.310 e. The average Bonchev–Trinajstić information content (AvgIpc) is 2.47. The fraction of sp³-hybridized carbons (Fsp3) is 0.143. The van der Waals surface area contributed by atoms with E-state index in [1.807, 2.05) is 0 Å². The summed E-state index contributed by atoms with van der Waals surface area (Å²) in [7, 11) is 0. The van der Waals surface area contributed by atoms with Gasteiger partial charge in [0.25, 0.3) is 0 Å². The number of allylic oxidation sites excluding steroid dienone is 8. The van der Waals surface area contributed by atoms with Gasteiger partial charge >= 0.3 is 5.97 Å². The van der Waals surface area contributed by atoms with Gasteiger partial charge in [-0.1, -0.05) is 31.2 Å². The van der Waals surface area contributed by atoms with Crippen molar-refractivity contribution in [2.45, 2.75) is 13.3 Å². The summed E-state index contributed by atoms with van der Waals surface area (Å²) in [4.78, 5) is 16.0. The Kier molecular flexibility index (Phi) is 7.79. The number of nitrogens with zero attached hydrogens (tertiary/aromatic N) is 3. The van der Waals surface area contributed by atoms with E-state index >= 15 is 0 Å². The molecule has 0 saturated heterocycles. The number of hydrogen-bond acceptors (Lipinski definition) is 6. The van der Waals surface area contributed by atoms with Crippen LogP contribution in [0.3, 0.4) is 0 Å². The lowest BCUT2D eigenvalue weighted by Crippen LogP contribution is -2.00. The van der Waals surface area contributed by atoms with Gasteiger partial charge in [-0.05, 0) is 29.5 Å². The molecular formula is C14H15N3O3. The molecule has 0 amide bonds. The summed E-state index contributed by atoms with van der Waals surface area (Å²) in [6.07, 6.45) is 16.6. The first kappa shape index (κ1) is 15.3. The topological polar surface area (TPSA) is 72.6 Å². The normalized spacial score (nSPS) is 27.4. The molecule has 1 rings (SSSR count). The molecule has 0 atom stereocenters. The molecule has 0 aromatic rings. The summed E-state index contributed by atoms with van der Waals surface area (Å²) in [6.45, 7) is 1.73. The highest BCUT2D eigenvalue weighted by atomic mass is 16.6. The summed E-state index contributed by atoms with van der Waals surface area (Å²) < 4.78 is 5.13. The zero-order chi connectivity index (χ0) is 14.5. The van der Waals surface area contributed by atoms with Crippen molar-refractivity contribution in [3.8, 4) is 0 Å². The zero-order valence-corrected chi connectivity index (χ0v) is 11.0. The first-order valence-corrected chi connectivity index (χ1v) is 5.99. The lowest BCUT2D eigenvalue weighted by molar-refractivity contribution is -0.138. The van der Waals surface area contributed by atoms with Crippen molar-refractivity contribution < 1.29 is 14.4 Å². The quantitative estimate of drug-likeness (QED) is 0.724. The van der Waals surface area contributed by atoms with Gasteiger partial charge in [-0.25, -0.2) is 0 Å². The van der Waals surface area contributed by atoms with Crippen molar-refractivity contribution in [3.05, 3.63) is 60.6 Å². The molecule has 104 valence electrons. The van der Waals surface area contributed by atoms with Gasteiger partial charge in [0.05, 0.1) is 11.5 Å². The van der Waals surface area contributed by atoms with Gasteiger partial charge in [-0.15, -0.1) is 5.10 Å². The van der Waals surface area contributed by atoms with Gasteiger partial charge in [-0.3, -0.25) is 4.79 Å². The minimum absolute atomic E-state index is 0.305. The van der Waals surface area contributed by atoms with Crippen LogP contribution in [0.25, 0.3) is 0 Å². The van der Waals surface area contributed by atoms with Crippen LogP contribution in [0.5, 0.6) is 0 Å². The number of hydrogen-bond donors (Lipinski definition) is 0. The Hall–Kier alpha value is -2.76. The molecule has 1 aliphatic heterocycles. The summed E-state index contributed by atoms with van der Waals surface area (Å²) in [5.41, 5.74) is 0. The Morgan fingerprint density at radius 1 is 1.20 bits per heavy atom. The molecule has 6 heteroatoms. The molecule has 0 aliphatic carbocycles. The maximum atomic E-state index is 11.3. The fourth-order valence-corrected chi connectivity index (χ4v) is 1.03. The second-order valence-corrected chi connectivity index (χ2v) is 3.40. The summed E-state index contributed by atoms with van der Waals surface area (Å²) in [5, 5.41) is 10.3. The molecule has 0 spiro atoms. The van der Waals surface area contributed by atoms with Crippen molar-refractivity contribution in [1.82, 2.24) is 0 Å². The highest BCUT2D eigenvalue weighted by Gasteiger charge is 2.00. The first-order valence-electron chi connectivity index (χ1n) is 5.99. The van der Waals surface area contributed by atoms with E-state index < -0.39 is 0 Å². The van der Waals surface area contributed by atoms with Gasteiger partial charge in [-0.2, -0.15) is 0 Å². The Labute approximate surface area is 117 Å². The Balaban J connectivity index is 2.85. The molecule has 0 unspecified atom stereocenters. The van der Waals surface area contributed by atoms with Crippen LogP contribution in [-0.2, 0) is 14.4 Å². The van der Waals surface area contributed by atoms with Crippen LogP contribution >= 0.6 is 0 Å². The summed E-state index contributed by atoms with van der Waals surface area (Å²) in [6, 6.07) is 0. The molecule has 6 nitrogen and oxygen atoms in total.